The van der Waals surface area contributed by atoms with Crippen molar-refractivity contribution in [1.82, 2.24) is 5.32 Å². The minimum Gasteiger partial charge on any atom is -0.494 e. The van der Waals surface area contributed by atoms with Gasteiger partial charge < -0.3 is 23.6 Å². The Bertz CT molecular complexity index is 781. The quantitative estimate of drug-likeness (QED) is 0.291. The van der Waals surface area contributed by atoms with Gasteiger partial charge in [0.05, 0.1) is 19.3 Å². The van der Waals surface area contributed by atoms with Crippen molar-refractivity contribution >= 4 is 22.7 Å². The normalized spacial score (nSPS) is 19.9. The van der Waals surface area contributed by atoms with E-state index in [2.05, 4.69) is 73.0 Å². The van der Waals surface area contributed by atoms with Crippen LogP contribution in [0.25, 0.3) is 0 Å². The molecule has 1 amide bonds. The van der Waals surface area contributed by atoms with Crippen LogP contribution >= 0.6 is 0 Å². The third kappa shape index (κ3) is 7.57. The fraction of sp³-hybridized carbons (Fsp3) is 0.720. The topological polar surface area (TPSA) is 66.0 Å². The van der Waals surface area contributed by atoms with Gasteiger partial charge in [0.1, 0.15) is 5.75 Å². The zero-order chi connectivity index (χ0) is 25.1. The van der Waals surface area contributed by atoms with E-state index in [1.54, 1.807) is 0 Å². The van der Waals surface area contributed by atoms with Crippen molar-refractivity contribution in [3.63, 3.8) is 0 Å². The molecule has 0 aromatic heterocycles. The summed E-state index contributed by atoms with van der Waals surface area (Å²) < 4.78 is 24.0. The Morgan fingerprint density at radius 3 is 1.97 bits per heavy atom. The number of carbonyl (C=O) groups is 1. The van der Waals surface area contributed by atoms with Crippen LogP contribution in [0, 0.1) is 0 Å². The van der Waals surface area contributed by atoms with E-state index in [0.29, 0.717) is 19.8 Å². The average Bonchev–Trinajstić information content (AvgIpc) is 3.05. The largest absolute Gasteiger partial charge is 0.494 e. The van der Waals surface area contributed by atoms with Crippen molar-refractivity contribution in [3.05, 3.63) is 29.8 Å². The fourth-order valence-corrected chi connectivity index (χ4v) is 5.07. The Hall–Kier alpha value is -1.36. The molecule has 0 aliphatic carbocycles. The first kappa shape index (κ1) is 27.9. The molecule has 2 rings (SSSR count). The lowest BCUT2D eigenvalue weighted by Crippen LogP contribution is -2.45. The predicted molar refractivity (Wildman–Crippen MR) is 139 cm³/mol. The standard InChI is InChI=1S/C25H45NO5Si2/c1-24(2,3)32(7,8)29-17-11-16-28-20-14-12-19(13-15-20)22-21(26-23(27)31-22)18-30-33(9,10)25(4,5)6/h12-15,21-22H,11,16-18H2,1-10H3,(H,26,27)/t21-,22-/m0/s1. The van der Waals surface area contributed by atoms with Crippen LogP contribution in [0.5, 0.6) is 5.75 Å². The van der Waals surface area contributed by atoms with Gasteiger partial charge in [-0.15, -0.1) is 0 Å². The van der Waals surface area contributed by atoms with Crippen molar-refractivity contribution < 1.29 is 23.1 Å². The molecule has 1 heterocycles. The molecule has 33 heavy (non-hydrogen) atoms. The molecule has 0 saturated carbocycles. The summed E-state index contributed by atoms with van der Waals surface area (Å²) in [5, 5.41) is 3.24. The van der Waals surface area contributed by atoms with Crippen LogP contribution < -0.4 is 10.1 Å². The second-order valence-corrected chi connectivity index (χ2v) is 21.6. The Labute approximate surface area is 203 Å². The van der Waals surface area contributed by atoms with E-state index in [9.17, 15) is 4.79 Å². The minimum atomic E-state index is -1.91. The zero-order valence-electron chi connectivity index (χ0n) is 22.3. The Morgan fingerprint density at radius 2 is 1.42 bits per heavy atom. The van der Waals surface area contributed by atoms with Crippen molar-refractivity contribution in [3.8, 4) is 5.75 Å². The summed E-state index contributed by atoms with van der Waals surface area (Å²) in [7, 11) is -3.62. The molecule has 6 nitrogen and oxygen atoms in total. The first-order valence-corrected chi connectivity index (χ1v) is 17.8. The fourth-order valence-electron chi connectivity index (χ4n) is 2.95. The van der Waals surface area contributed by atoms with Gasteiger partial charge in [0.15, 0.2) is 22.7 Å². The molecule has 2 atom stereocenters. The van der Waals surface area contributed by atoms with Gasteiger partial charge >= 0.3 is 6.09 Å². The van der Waals surface area contributed by atoms with Crippen LogP contribution in [-0.2, 0) is 13.6 Å². The molecule has 1 aliphatic rings. The minimum absolute atomic E-state index is 0.112. The van der Waals surface area contributed by atoms with E-state index in [1.807, 2.05) is 24.3 Å². The second-order valence-electron chi connectivity index (χ2n) is 12.0. The van der Waals surface area contributed by atoms with Gasteiger partial charge in [0.2, 0.25) is 0 Å². The summed E-state index contributed by atoms with van der Waals surface area (Å²) in [6, 6.07) is 7.59. The Morgan fingerprint density at radius 1 is 0.879 bits per heavy atom. The molecule has 0 bridgehead atoms. The van der Waals surface area contributed by atoms with Gasteiger partial charge in [0, 0.05) is 13.0 Å². The molecule has 1 aliphatic heterocycles. The summed E-state index contributed by atoms with van der Waals surface area (Å²) in [4.78, 5) is 11.9. The number of rotatable bonds is 10. The van der Waals surface area contributed by atoms with Crippen LogP contribution in [0.3, 0.4) is 0 Å². The number of benzene rings is 1. The number of carbonyl (C=O) groups excluding carboxylic acids is 1. The first-order chi connectivity index (χ1) is 15.0. The predicted octanol–water partition coefficient (Wildman–Crippen LogP) is 6.65. The van der Waals surface area contributed by atoms with Gasteiger partial charge in [-0.1, -0.05) is 53.7 Å². The Balaban J connectivity index is 1.87. The maximum atomic E-state index is 11.9. The summed E-state index contributed by atoms with van der Waals surface area (Å²) in [5.41, 5.74) is 0.936. The molecule has 0 unspecified atom stereocenters. The van der Waals surface area contributed by atoms with Crippen molar-refractivity contribution in [2.24, 2.45) is 0 Å². The molecular weight excluding hydrogens is 450 g/mol. The molecular formula is C25H45NO5Si2. The van der Waals surface area contributed by atoms with Crippen LogP contribution in [0.1, 0.15) is 59.6 Å². The highest BCUT2D eigenvalue weighted by Crippen LogP contribution is 2.38. The number of ether oxygens (including phenoxy) is 2. The van der Waals surface area contributed by atoms with Gasteiger partial charge in [-0.05, 0) is 54.0 Å². The third-order valence-corrected chi connectivity index (χ3v) is 16.4. The monoisotopic (exact) mass is 495 g/mol. The summed E-state index contributed by atoms with van der Waals surface area (Å²) in [6.07, 6.45) is 0.0888. The number of cyclic esters (lactones) is 1. The maximum absolute atomic E-state index is 11.9. The number of amides is 1. The lowest BCUT2D eigenvalue weighted by molar-refractivity contribution is 0.120. The molecule has 8 heteroatoms. The molecule has 1 N–H and O–H groups in total. The van der Waals surface area contributed by atoms with Crippen molar-refractivity contribution in [2.45, 2.75) is 96.4 Å². The summed E-state index contributed by atoms with van der Waals surface area (Å²) in [5.74, 6) is 0.803. The van der Waals surface area contributed by atoms with Gasteiger partial charge in [-0.2, -0.15) is 0 Å². The summed E-state index contributed by atoms with van der Waals surface area (Å²) in [6.45, 7) is 24.1. The molecule has 1 saturated heterocycles. The number of hydrogen-bond acceptors (Lipinski definition) is 5. The zero-order valence-corrected chi connectivity index (χ0v) is 24.3. The molecule has 0 radical (unpaired) electrons. The number of nitrogens with one attached hydrogen (secondary N) is 1. The maximum Gasteiger partial charge on any atom is 0.408 e. The van der Waals surface area contributed by atoms with Gasteiger partial charge in [0.25, 0.3) is 0 Å². The third-order valence-electron chi connectivity index (χ3n) is 7.37. The smallest absolute Gasteiger partial charge is 0.408 e. The SMILES string of the molecule is CC(C)(C)[Si](C)(C)OCCCOc1ccc([C@@H]2OC(=O)N[C@H]2CO[Si](C)(C)C(C)(C)C)cc1. The van der Waals surface area contributed by atoms with E-state index < -0.39 is 22.7 Å². The van der Waals surface area contributed by atoms with Gasteiger partial charge in [-0.3, -0.25) is 0 Å². The van der Waals surface area contributed by atoms with Crippen molar-refractivity contribution in [1.29, 1.82) is 0 Å². The Kier molecular flexibility index (Phi) is 8.87. The molecule has 1 aromatic rings. The second kappa shape index (κ2) is 10.5. The lowest BCUT2D eigenvalue weighted by Gasteiger charge is -2.37. The van der Waals surface area contributed by atoms with E-state index >= 15 is 0 Å². The highest BCUT2D eigenvalue weighted by molar-refractivity contribution is 6.74. The molecule has 1 fully saturated rings. The highest BCUT2D eigenvalue weighted by Gasteiger charge is 2.41. The number of hydrogen-bond donors (Lipinski definition) is 1. The van der Waals surface area contributed by atoms with E-state index in [4.69, 9.17) is 18.3 Å². The van der Waals surface area contributed by atoms with Crippen molar-refractivity contribution in [2.75, 3.05) is 19.8 Å². The molecule has 1 aromatic carbocycles. The van der Waals surface area contributed by atoms with E-state index in [1.165, 1.54) is 0 Å². The van der Waals surface area contributed by atoms with Gasteiger partial charge in [-0.25, -0.2) is 4.79 Å². The van der Waals surface area contributed by atoms with Crippen LogP contribution in [0.15, 0.2) is 24.3 Å². The highest BCUT2D eigenvalue weighted by atomic mass is 28.4. The van der Waals surface area contributed by atoms with Crippen LogP contribution in [0.4, 0.5) is 4.79 Å². The van der Waals surface area contributed by atoms with E-state index in [-0.39, 0.29) is 22.2 Å². The van der Waals surface area contributed by atoms with Crippen LogP contribution in [-0.4, -0.2) is 48.6 Å². The van der Waals surface area contributed by atoms with E-state index in [0.717, 1.165) is 17.7 Å². The number of alkyl carbamates (subject to hydrolysis) is 1. The van der Waals surface area contributed by atoms with Crippen LogP contribution in [0.2, 0.25) is 36.3 Å². The lowest BCUT2D eigenvalue weighted by atomic mass is 10.0. The first-order valence-electron chi connectivity index (χ1n) is 12.0. The molecule has 188 valence electrons. The summed E-state index contributed by atoms with van der Waals surface area (Å²) >= 11 is 0. The average molecular weight is 496 g/mol. The molecule has 0 spiro atoms.